The Morgan fingerprint density at radius 3 is 0.914 bits per heavy atom. The third-order valence-electron chi connectivity index (χ3n) is 20.1. The Morgan fingerprint density at radius 2 is 0.602 bits per heavy atom. The number of rotatable bonds is 14. The summed E-state index contributed by atoms with van der Waals surface area (Å²) < 4.78 is 28.5. The third-order valence-corrected chi connectivity index (χ3v) is 28.2. The van der Waals surface area contributed by atoms with Gasteiger partial charge in [-0.05, 0) is 0 Å². The average Bonchev–Trinajstić information content (AvgIpc) is 1.55. The Hall–Kier alpha value is -8.84. The van der Waals surface area contributed by atoms with Gasteiger partial charge in [-0.15, -0.1) is 0 Å². The topological polar surface area (TPSA) is 52.6 Å². The number of hydrogen-bond donors (Lipinski definition) is 0. The van der Waals surface area contributed by atoms with E-state index in [2.05, 4.69) is 298 Å². The first-order chi connectivity index (χ1) is 45.3. The van der Waals surface area contributed by atoms with Gasteiger partial charge in [-0.1, -0.05) is 0 Å². The van der Waals surface area contributed by atoms with Crippen molar-refractivity contribution in [2.24, 2.45) is 0 Å². The van der Waals surface area contributed by atoms with Crippen molar-refractivity contribution in [2.45, 2.75) is 86.8 Å². The van der Waals surface area contributed by atoms with E-state index in [9.17, 15) is 0 Å². The SMILES string of the molecule is Cc1ccc(C2=Cc3c(ccc(C)c3-c3ccccc3)C2C2=C(c3ccc(C)o3)[CH]([Zr][CH]3C(c4ccc(C)o4)=C(C4C(c5ccc(C)o5)=Cc5c4ccc(C)c5-c4ccccc4)c4c3ccc([SiH](C)C)c4-c3ccccc3)c3ccc([SiH](C)C)c(-c4ccccc4)c32)o1. The molecule has 93 heavy (non-hydrogen) atoms. The van der Waals surface area contributed by atoms with E-state index in [1.165, 1.54) is 144 Å². The summed E-state index contributed by atoms with van der Waals surface area (Å²) in [5.74, 6) is 6.87. The molecule has 0 aliphatic heterocycles. The molecule has 4 heterocycles. The normalized spacial score (nSPS) is 17.2. The molecule has 12 aromatic rings. The molecule has 4 nitrogen and oxygen atoms in total. The number of furan rings is 4. The molecule has 8 aromatic carbocycles. The van der Waals surface area contributed by atoms with Gasteiger partial charge < -0.3 is 0 Å². The summed E-state index contributed by atoms with van der Waals surface area (Å²) >= 11 is -2.00. The Balaban J connectivity index is 1.04. The van der Waals surface area contributed by atoms with Crippen LogP contribution in [0.2, 0.25) is 26.2 Å². The number of hydrogen-bond acceptors (Lipinski definition) is 4. The van der Waals surface area contributed by atoms with Gasteiger partial charge in [-0.2, -0.15) is 0 Å². The van der Waals surface area contributed by atoms with Crippen LogP contribution in [0.4, 0.5) is 0 Å². The van der Waals surface area contributed by atoms with Crippen LogP contribution in [0, 0.1) is 41.5 Å². The van der Waals surface area contributed by atoms with Crippen LogP contribution >= 0.6 is 0 Å². The maximum absolute atomic E-state index is 7.31. The van der Waals surface area contributed by atoms with E-state index < -0.39 is 40.8 Å². The van der Waals surface area contributed by atoms with Crippen molar-refractivity contribution in [1.82, 2.24) is 0 Å². The molecular weight excluding hydrogens is 1240 g/mol. The van der Waals surface area contributed by atoms with Gasteiger partial charge in [0.15, 0.2) is 0 Å². The predicted molar refractivity (Wildman–Crippen MR) is 388 cm³/mol. The second-order valence-corrected chi connectivity index (χ2v) is 36.2. The van der Waals surface area contributed by atoms with Gasteiger partial charge in [-0.3, -0.25) is 0 Å². The molecule has 4 unspecified atom stereocenters. The van der Waals surface area contributed by atoms with E-state index in [-0.39, 0.29) is 19.1 Å². The van der Waals surface area contributed by atoms with Crippen molar-refractivity contribution in [2.75, 3.05) is 0 Å². The number of allylic oxidation sites excluding steroid dienone is 6. The predicted octanol–water partition coefficient (Wildman–Crippen LogP) is 21.4. The Bertz CT molecular complexity index is 4760. The van der Waals surface area contributed by atoms with Gasteiger partial charge in [0.05, 0.1) is 0 Å². The van der Waals surface area contributed by atoms with E-state index in [1.54, 1.807) is 0 Å². The number of fused-ring (bicyclic) bond motifs is 4. The van der Waals surface area contributed by atoms with E-state index in [1.807, 2.05) is 0 Å². The van der Waals surface area contributed by atoms with Gasteiger partial charge in [-0.25, -0.2) is 0 Å². The molecule has 4 atom stereocenters. The summed E-state index contributed by atoms with van der Waals surface area (Å²) in [6.45, 7) is 22.9. The van der Waals surface area contributed by atoms with Gasteiger partial charge in [0.25, 0.3) is 0 Å². The quantitative estimate of drug-likeness (QED) is 0.102. The molecule has 7 heteroatoms. The van der Waals surface area contributed by atoms with Crippen LogP contribution in [-0.2, 0) is 23.2 Å². The van der Waals surface area contributed by atoms with Crippen LogP contribution in [0.5, 0.6) is 0 Å². The van der Waals surface area contributed by atoms with Gasteiger partial charge in [0.1, 0.15) is 0 Å². The van der Waals surface area contributed by atoms with Crippen LogP contribution in [0.1, 0.15) is 121 Å². The zero-order valence-electron chi connectivity index (χ0n) is 54.5. The first kappa shape index (κ1) is 59.2. The van der Waals surface area contributed by atoms with E-state index in [4.69, 9.17) is 17.7 Å². The summed E-state index contributed by atoms with van der Waals surface area (Å²) in [6, 6.07) is 82.3. The Kier molecular flexibility index (Phi) is 15.0. The van der Waals surface area contributed by atoms with Crippen LogP contribution in [0.15, 0.2) is 236 Å². The van der Waals surface area contributed by atoms with Gasteiger partial charge in [0.2, 0.25) is 0 Å². The molecule has 0 saturated heterocycles. The molecule has 454 valence electrons. The Morgan fingerprint density at radius 1 is 0.290 bits per heavy atom. The standard InChI is InChI=1S/2C43H37O2Si.Zr/c2*1-26-16-20-32-33(39(26)29-12-8-6-9-13-29)25-35(37-22-18-28(3)45-37)42(32)43-34(36-21-17-27(2)44-36)24-31-19-23-38(46(4)5)40(41(31)43)30-14-10-7-11-15-30;/h2*6-25,42,46H,1-5H3;. The minimum atomic E-state index is -2.00. The molecule has 0 spiro atoms. The minimum absolute atomic E-state index is 0.00527. The molecule has 4 aliphatic carbocycles. The molecule has 0 amide bonds. The molecule has 0 saturated carbocycles. The summed E-state index contributed by atoms with van der Waals surface area (Å²) in [4.78, 5) is 0. The van der Waals surface area contributed by atoms with E-state index in [0.29, 0.717) is 0 Å². The van der Waals surface area contributed by atoms with Crippen LogP contribution in [0.3, 0.4) is 0 Å². The fraction of sp³-hybridized carbons (Fsp3) is 0.163. The van der Waals surface area contributed by atoms with Crippen LogP contribution in [0.25, 0.3) is 90.1 Å². The van der Waals surface area contributed by atoms with Gasteiger partial charge in [0, 0.05) is 0 Å². The second kappa shape index (κ2) is 23.6. The van der Waals surface area contributed by atoms with Crippen molar-refractivity contribution in [3.05, 3.63) is 320 Å². The Labute approximate surface area is 561 Å². The fourth-order valence-electron chi connectivity index (χ4n) is 16.2. The van der Waals surface area contributed by atoms with Crippen molar-refractivity contribution in [3.8, 4) is 44.5 Å². The van der Waals surface area contributed by atoms with E-state index in [0.717, 1.165) is 46.1 Å². The summed E-state index contributed by atoms with van der Waals surface area (Å²) in [6.07, 6.45) is 4.97. The van der Waals surface area contributed by atoms with Crippen LogP contribution < -0.4 is 10.4 Å². The van der Waals surface area contributed by atoms with Crippen molar-refractivity contribution in [3.63, 3.8) is 0 Å². The zero-order valence-corrected chi connectivity index (χ0v) is 59.3. The molecule has 0 fully saturated rings. The van der Waals surface area contributed by atoms with Crippen molar-refractivity contribution < 1.29 is 40.9 Å². The second-order valence-electron chi connectivity index (χ2n) is 26.7. The number of benzene rings is 8. The molecule has 0 N–H and O–H groups in total. The first-order valence-corrected chi connectivity index (χ1v) is 41.7. The molecule has 4 aliphatic rings. The maximum atomic E-state index is 7.31. The average molecular weight is 1320 g/mol. The monoisotopic (exact) mass is 1320 g/mol. The molecule has 16 rings (SSSR count). The molecule has 0 bridgehead atoms. The van der Waals surface area contributed by atoms with E-state index >= 15 is 0 Å². The third kappa shape index (κ3) is 9.90. The van der Waals surface area contributed by atoms with Crippen molar-refractivity contribution >= 4 is 73.6 Å². The number of aryl methyl sites for hydroxylation is 6. The first-order valence-electron chi connectivity index (χ1n) is 33.1. The zero-order chi connectivity index (χ0) is 63.5. The molecular formula is C86H74O4Si2Zr. The van der Waals surface area contributed by atoms with Crippen molar-refractivity contribution in [1.29, 1.82) is 0 Å². The van der Waals surface area contributed by atoms with Gasteiger partial charge >= 0.3 is 566 Å². The summed E-state index contributed by atoms with van der Waals surface area (Å²) in [5, 5.41) is 2.95. The molecule has 4 aromatic heterocycles. The summed E-state index contributed by atoms with van der Waals surface area (Å²) in [5.41, 5.74) is 30.9. The van der Waals surface area contributed by atoms with Crippen LogP contribution in [-0.4, -0.2) is 17.6 Å². The summed E-state index contributed by atoms with van der Waals surface area (Å²) in [7, 11) is -3.03. The molecule has 0 radical (unpaired) electrons. The fourth-order valence-corrected chi connectivity index (χ4v) is 24.1.